The highest BCUT2D eigenvalue weighted by atomic mass is 35.5. The Morgan fingerprint density at radius 3 is 2.72 bits per heavy atom. The zero-order valence-corrected chi connectivity index (χ0v) is 11.2. The van der Waals surface area contributed by atoms with E-state index in [0.717, 1.165) is 25.6 Å². The number of hydrogen-bond donors (Lipinski definition) is 1. The molecule has 1 heterocycles. The van der Waals surface area contributed by atoms with Gasteiger partial charge in [0.05, 0.1) is 0 Å². The number of hydrogen-bond acceptors (Lipinski definition) is 2. The summed E-state index contributed by atoms with van der Waals surface area (Å²) in [5, 5.41) is 0. The Hall–Kier alpha value is -0.710. The van der Waals surface area contributed by atoms with Gasteiger partial charge < -0.3 is 5.73 Å². The lowest BCUT2D eigenvalue weighted by atomic mass is 10.0. The molecule has 0 radical (unpaired) electrons. The lowest BCUT2D eigenvalue weighted by Crippen LogP contribution is -2.29. The van der Waals surface area contributed by atoms with Crippen LogP contribution in [0.1, 0.15) is 18.9 Å². The van der Waals surface area contributed by atoms with E-state index in [1.54, 1.807) is 0 Å². The zero-order chi connectivity index (χ0) is 12.4. The molecular weight excluding hydrogens is 258 g/mol. The predicted molar refractivity (Wildman–Crippen MR) is 70.6 cm³/mol. The van der Waals surface area contributed by atoms with Crippen LogP contribution in [0.4, 0.5) is 8.78 Å². The first-order valence-corrected chi connectivity index (χ1v) is 5.98. The Morgan fingerprint density at radius 1 is 1.44 bits per heavy atom. The molecule has 1 aromatic rings. The van der Waals surface area contributed by atoms with E-state index in [1.807, 2.05) is 6.92 Å². The quantitative estimate of drug-likeness (QED) is 0.919. The van der Waals surface area contributed by atoms with Gasteiger partial charge in [-0.05, 0) is 31.9 Å². The van der Waals surface area contributed by atoms with E-state index in [1.165, 1.54) is 12.1 Å². The van der Waals surface area contributed by atoms with Crippen molar-refractivity contribution in [2.24, 2.45) is 11.7 Å². The third-order valence-electron chi connectivity index (χ3n) is 3.46. The highest BCUT2D eigenvalue weighted by molar-refractivity contribution is 5.85. The summed E-state index contributed by atoms with van der Waals surface area (Å²) in [6, 6.07) is 3.94. The molecule has 1 aliphatic rings. The minimum absolute atomic E-state index is 0. The van der Waals surface area contributed by atoms with Crippen molar-refractivity contribution in [1.82, 2.24) is 4.90 Å². The van der Waals surface area contributed by atoms with Gasteiger partial charge in [0.2, 0.25) is 0 Å². The summed E-state index contributed by atoms with van der Waals surface area (Å²) < 4.78 is 26.2. The molecule has 1 aliphatic heterocycles. The van der Waals surface area contributed by atoms with Gasteiger partial charge in [0.15, 0.2) is 0 Å². The standard InChI is InChI=1S/C13H18F2N2.ClH/c1-9(16)10-4-5-17(7-10)8-11-2-3-12(14)6-13(11)15;/h2-3,6,9-10H,4-5,7-8,16H2,1H3;1H. The first-order valence-electron chi connectivity index (χ1n) is 5.98. The molecular formula is C13H19ClF2N2. The van der Waals surface area contributed by atoms with Crippen molar-refractivity contribution < 1.29 is 8.78 Å². The van der Waals surface area contributed by atoms with Gasteiger partial charge in [0, 0.05) is 30.8 Å². The Labute approximate surface area is 113 Å². The minimum Gasteiger partial charge on any atom is -0.328 e. The number of likely N-dealkylation sites (tertiary alicyclic amines) is 1. The molecule has 1 saturated heterocycles. The molecule has 2 N–H and O–H groups in total. The molecule has 0 bridgehead atoms. The first kappa shape index (κ1) is 15.3. The van der Waals surface area contributed by atoms with E-state index in [0.29, 0.717) is 18.0 Å². The van der Waals surface area contributed by atoms with Crippen molar-refractivity contribution in [1.29, 1.82) is 0 Å². The molecule has 0 saturated carbocycles. The van der Waals surface area contributed by atoms with Gasteiger partial charge in [0.25, 0.3) is 0 Å². The molecule has 1 aromatic carbocycles. The lowest BCUT2D eigenvalue weighted by molar-refractivity contribution is 0.303. The van der Waals surface area contributed by atoms with Gasteiger partial charge in [0.1, 0.15) is 11.6 Å². The molecule has 2 rings (SSSR count). The van der Waals surface area contributed by atoms with Crippen molar-refractivity contribution in [2.75, 3.05) is 13.1 Å². The van der Waals surface area contributed by atoms with Gasteiger partial charge in [-0.2, -0.15) is 0 Å². The van der Waals surface area contributed by atoms with Crippen LogP contribution in [0.3, 0.4) is 0 Å². The van der Waals surface area contributed by atoms with Gasteiger partial charge >= 0.3 is 0 Å². The van der Waals surface area contributed by atoms with Crippen molar-refractivity contribution in [2.45, 2.75) is 25.9 Å². The highest BCUT2D eigenvalue weighted by Gasteiger charge is 2.25. The summed E-state index contributed by atoms with van der Waals surface area (Å²) in [7, 11) is 0. The number of benzene rings is 1. The van der Waals surface area contributed by atoms with Crippen LogP contribution < -0.4 is 5.73 Å². The van der Waals surface area contributed by atoms with Crippen LogP contribution in [0.5, 0.6) is 0 Å². The summed E-state index contributed by atoms with van der Waals surface area (Å²) in [5.74, 6) is -0.506. The molecule has 2 atom stereocenters. The average Bonchev–Trinajstić information content (AvgIpc) is 2.71. The number of nitrogens with zero attached hydrogens (tertiary/aromatic N) is 1. The van der Waals surface area contributed by atoms with Crippen molar-refractivity contribution in [3.8, 4) is 0 Å². The Kier molecular flexibility index (Phi) is 5.50. The number of nitrogens with two attached hydrogens (primary N) is 1. The summed E-state index contributed by atoms with van der Waals surface area (Å²) in [4.78, 5) is 2.17. The SMILES string of the molecule is CC(N)C1CCN(Cc2ccc(F)cc2F)C1.Cl. The third-order valence-corrected chi connectivity index (χ3v) is 3.46. The normalized spacial score (nSPS) is 21.7. The topological polar surface area (TPSA) is 29.3 Å². The summed E-state index contributed by atoms with van der Waals surface area (Å²) >= 11 is 0. The van der Waals surface area contributed by atoms with E-state index >= 15 is 0 Å². The minimum atomic E-state index is -0.527. The average molecular weight is 277 g/mol. The van der Waals surface area contributed by atoms with Crippen LogP contribution in [0, 0.1) is 17.6 Å². The molecule has 102 valence electrons. The molecule has 1 fully saturated rings. The molecule has 2 unspecified atom stereocenters. The molecule has 18 heavy (non-hydrogen) atoms. The Balaban J connectivity index is 0.00000162. The largest absolute Gasteiger partial charge is 0.328 e. The molecule has 0 spiro atoms. The van der Waals surface area contributed by atoms with Crippen LogP contribution in [0.2, 0.25) is 0 Å². The van der Waals surface area contributed by atoms with Gasteiger partial charge in [-0.3, -0.25) is 4.90 Å². The molecule has 5 heteroatoms. The summed E-state index contributed by atoms with van der Waals surface area (Å²) in [6.07, 6.45) is 1.06. The second-order valence-corrected chi connectivity index (χ2v) is 4.88. The second-order valence-electron chi connectivity index (χ2n) is 4.88. The number of halogens is 3. The first-order chi connectivity index (χ1) is 8.06. The maximum absolute atomic E-state index is 13.5. The van der Waals surface area contributed by atoms with E-state index in [4.69, 9.17) is 5.73 Å². The van der Waals surface area contributed by atoms with Crippen LogP contribution in [0.15, 0.2) is 18.2 Å². The Morgan fingerprint density at radius 2 is 2.17 bits per heavy atom. The van der Waals surface area contributed by atoms with E-state index in [9.17, 15) is 8.78 Å². The number of rotatable bonds is 3. The second kappa shape index (κ2) is 6.45. The fraction of sp³-hybridized carbons (Fsp3) is 0.538. The fourth-order valence-electron chi connectivity index (χ4n) is 2.33. The molecule has 2 nitrogen and oxygen atoms in total. The molecule has 0 aromatic heterocycles. The Bertz CT molecular complexity index is 399. The van der Waals surface area contributed by atoms with Crippen molar-refractivity contribution in [3.05, 3.63) is 35.4 Å². The van der Waals surface area contributed by atoms with Gasteiger partial charge in [-0.25, -0.2) is 8.78 Å². The van der Waals surface area contributed by atoms with Crippen LogP contribution in [0.25, 0.3) is 0 Å². The van der Waals surface area contributed by atoms with E-state index in [-0.39, 0.29) is 18.4 Å². The van der Waals surface area contributed by atoms with Crippen LogP contribution in [-0.2, 0) is 6.54 Å². The predicted octanol–water partition coefficient (Wildman–Crippen LogP) is 2.56. The maximum Gasteiger partial charge on any atom is 0.130 e. The van der Waals surface area contributed by atoms with Crippen LogP contribution in [-0.4, -0.2) is 24.0 Å². The highest BCUT2D eigenvalue weighted by Crippen LogP contribution is 2.21. The molecule has 0 aliphatic carbocycles. The lowest BCUT2D eigenvalue weighted by Gasteiger charge is -2.18. The summed E-state index contributed by atoms with van der Waals surface area (Å²) in [6.45, 7) is 4.37. The maximum atomic E-state index is 13.5. The van der Waals surface area contributed by atoms with E-state index in [2.05, 4.69) is 4.90 Å². The summed E-state index contributed by atoms with van der Waals surface area (Å²) in [5.41, 5.74) is 6.41. The smallest absolute Gasteiger partial charge is 0.130 e. The van der Waals surface area contributed by atoms with Crippen molar-refractivity contribution >= 4 is 12.4 Å². The molecule has 0 amide bonds. The third kappa shape index (κ3) is 3.64. The van der Waals surface area contributed by atoms with Gasteiger partial charge in [-0.1, -0.05) is 6.07 Å². The van der Waals surface area contributed by atoms with Crippen LogP contribution >= 0.6 is 12.4 Å². The monoisotopic (exact) mass is 276 g/mol. The van der Waals surface area contributed by atoms with Crippen molar-refractivity contribution in [3.63, 3.8) is 0 Å². The fourth-order valence-corrected chi connectivity index (χ4v) is 2.33. The zero-order valence-electron chi connectivity index (χ0n) is 10.4. The van der Waals surface area contributed by atoms with E-state index < -0.39 is 11.6 Å². The van der Waals surface area contributed by atoms with Gasteiger partial charge in [-0.15, -0.1) is 12.4 Å².